The number of phenolic OH excluding ortho intramolecular Hbond substituents is 1. The van der Waals surface area contributed by atoms with E-state index in [0.717, 1.165) is 5.56 Å². The molecule has 118 valence electrons. The first-order valence-corrected chi connectivity index (χ1v) is 7.39. The Hall–Kier alpha value is -2.82. The van der Waals surface area contributed by atoms with Crippen LogP contribution in [0.1, 0.15) is 34.0 Å². The maximum atomic E-state index is 12.0. The second-order valence-corrected chi connectivity index (χ2v) is 5.60. The van der Waals surface area contributed by atoms with E-state index in [2.05, 4.69) is 5.10 Å². The van der Waals surface area contributed by atoms with Gasteiger partial charge in [-0.2, -0.15) is 5.10 Å². The number of para-hydroxylation sites is 1. The first kappa shape index (κ1) is 15.1. The molecule has 0 saturated heterocycles. The van der Waals surface area contributed by atoms with Crippen molar-refractivity contribution in [2.45, 2.75) is 12.5 Å². The van der Waals surface area contributed by atoms with Crippen LogP contribution in [0.3, 0.4) is 0 Å². The van der Waals surface area contributed by atoms with Crippen LogP contribution in [0.4, 0.5) is 0 Å². The number of nitrogens with zero attached hydrogens (tertiary/aromatic N) is 2. The topological polar surface area (TPSA) is 62.1 Å². The molecule has 23 heavy (non-hydrogen) atoms. The number of carbonyl (C=O) groups excluding carboxylic acids is 1. The second-order valence-electron chi connectivity index (χ2n) is 5.60. The van der Waals surface area contributed by atoms with Crippen LogP contribution in [0, 0.1) is 0 Å². The molecule has 1 atom stereocenters. The smallest absolute Gasteiger partial charge is 0.339 e. The lowest BCUT2D eigenvalue weighted by molar-refractivity contribution is 0.0400. The van der Waals surface area contributed by atoms with Gasteiger partial charge in [0.1, 0.15) is 11.9 Å². The monoisotopic (exact) mass is 310 g/mol. The average molecular weight is 310 g/mol. The summed E-state index contributed by atoms with van der Waals surface area (Å²) in [4.78, 5) is 12.0. The predicted octanol–water partition coefficient (Wildman–Crippen LogP) is 2.96. The minimum absolute atomic E-state index is 0.158. The van der Waals surface area contributed by atoms with Crippen molar-refractivity contribution in [1.82, 2.24) is 5.01 Å². The molecule has 5 nitrogen and oxygen atoms in total. The molecule has 0 radical (unpaired) electrons. The number of fused-ring (bicyclic) bond motifs is 1. The summed E-state index contributed by atoms with van der Waals surface area (Å²) in [6.45, 7) is 0. The molecule has 1 N–H and O–H groups in total. The Balaban J connectivity index is 1.95. The third kappa shape index (κ3) is 3.04. The van der Waals surface area contributed by atoms with E-state index in [1.54, 1.807) is 29.3 Å². The van der Waals surface area contributed by atoms with Crippen molar-refractivity contribution < 1.29 is 14.6 Å². The van der Waals surface area contributed by atoms with E-state index < -0.39 is 6.10 Å². The van der Waals surface area contributed by atoms with Gasteiger partial charge < -0.3 is 14.9 Å². The second kappa shape index (κ2) is 6.12. The zero-order valence-corrected chi connectivity index (χ0v) is 13.1. The van der Waals surface area contributed by atoms with Crippen LogP contribution in [-0.2, 0) is 4.74 Å². The Bertz CT molecular complexity index is 768. The number of carbonyl (C=O) groups is 1. The Morgan fingerprint density at radius 3 is 2.61 bits per heavy atom. The maximum Gasteiger partial charge on any atom is 0.339 e. The number of cyclic esters (lactones) is 1. The number of ether oxygens (including phenoxy) is 1. The van der Waals surface area contributed by atoms with Gasteiger partial charge in [0.2, 0.25) is 0 Å². The van der Waals surface area contributed by atoms with Crippen LogP contribution >= 0.6 is 0 Å². The molecule has 0 fully saturated rings. The minimum Gasteiger partial charge on any atom is -0.507 e. The Morgan fingerprint density at radius 1 is 1.17 bits per heavy atom. The molecule has 2 aromatic carbocycles. The third-order valence-electron chi connectivity index (χ3n) is 3.69. The molecule has 0 bridgehead atoms. The number of hydrazone groups is 1. The van der Waals surface area contributed by atoms with Gasteiger partial charge in [0.05, 0.1) is 11.3 Å². The molecule has 0 saturated carbocycles. The number of esters is 1. The van der Waals surface area contributed by atoms with Crippen LogP contribution in [-0.4, -0.2) is 35.9 Å². The maximum absolute atomic E-state index is 12.0. The fourth-order valence-corrected chi connectivity index (χ4v) is 2.71. The Morgan fingerprint density at radius 2 is 1.87 bits per heavy atom. The number of phenols is 1. The first-order chi connectivity index (χ1) is 11.1. The molecule has 1 heterocycles. The highest BCUT2D eigenvalue weighted by Crippen LogP contribution is 2.34. The standard InChI is InChI=1S/C18H18N2O3/c1-20(2)19-15(14-9-5-6-10-16(14)21)11-17-12-7-3-4-8-13(12)18(22)23-17/h3-10,17,21H,11H2,1-2H3/b19-15-/t17-/m1/s1. The molecule has 0 aromatic heterocycles. The van der Waals surface area contributed by atoms with Gasteiger partial charge in [-0.25, -0.2) is 4.79 Å². The molecule has 2 aromatic rings. The van der Waals surface area contributed by atoms with Crippen LogP contribution in [0.15, 0.2) is 53.6 Å². The fraction of sp³-hybridized carbons (Fsp3) is 0.222. The lowest BCUT2D eigenvalue weighted by atomic mass is 9.97. The summed E-state index contributed by atoms with van der Waals surface area (Å²) in [5.74, 6) is -0.155. The van der Waals surface area contributed by atoms with Crippen molar-refractivity contribution >= 4 is 11.7 Å². The molecule has 1 aliphatic heterocycles. The highest BCUT2D eigenvalue weighted by Gasteiger charge is 2.32. The van der Waals surface area contributed by atoms with Crippen molar-refractivity contribution in [3.05, 3.63) is 65.2 Å². The van der Waals surface area contributed by atoms with E-state index in [1.165, 1.54) is 0 Å². The van der Waals surface area contributed by atoms with Gasteiger partial charge in [-0.3, -0.25) is 0 Å². The SMILES string of the molecule is CN(C)/N=C(/C[C@H]1OC(=O)c2ccccc21)c1ccccc1O. The number of benzene rings is 2. The number of rotatable bonds is 4. The lowest BCUT2D eigenvalue weighted by Crippen LogP contribution is -2.14. The zero-order valence-electron chi connectivity index (χ0n) is 13.1. The summed E-state index contributed by atoms with van der Waals surface area (Å²) in [7, 11) is 3.63. The average Bonchev–Trinajstić information content (AvgIpc) is 2.84. The van der Waals surface area contributed by atoms with E-state index in [1.807, 2.05) is 38.4 Å². The summed E-state index contributed by atoms with van der Waals surface area (Å²) in [5, 5.41) is 16.2. The zero-order chi connectivity index (χ0) is 16.4. The van der Waals surface area contributed by atoms with Gasteiger partial charge in [0.25, 0.3) is 0 Å². The molecule has 5 heteroatoms. The van der Waals surface area contributed by atoms with Crippen molar-refractivity contribution in [3.63, 3.8) is 0 Å². The summed E-state index contributed by atoms with van der Waals surface area (Å²) < 4.78 is 5.49. The van der Waals surface area contributed by atoms with Gasteiger partial charge in [0.15, 0.2) is 0 Å². The van der Waals surface area contributed by atoms with E-state index in [-0.39, 0.29) is 11.7 Å². The van der Waals surface area contributed by atoms with Crippen molar-refractivity contribution in [2.24, 2.45) is 5.10 Å². The molecule has 0 aliphatic carbocycles. The van der Waals surface area contributed by atoms with Crippen LogP contribution in [0.5, 0.6) is 5.75 Å². The molecular weight excluding hydrogens is 292 g/mol. The van der Waals surface area contributed by atoms with Gasteiger partial charge >= 0.3 is 5.97 Å². The van der Waals surface area contributed by atoms with Crippen molar-refractivity contribution in [2.75, 3.05) is 14.1 Å². The van der Waals surface area contributed by atoms with Crippen LogP contribution < -0.4 is 0 Å². The van der Waals surface area contributed by atoms with E-state index in [9.17, 15) is 9.90 Å². The Kier molecular flexibility index (Phi) is 4.02. The molecule has 0 amide bonds. The van der Waals surface area contributed by atoms with Crippen LogP contribution in [0.2, 0.25) is 0 Å². The highest BCUT2D eigenvalue weighted by molar-refractivity contribution is 6.04. The summed E-state index contributed by atoms with van der Waals surface area (Å²) in [5.41, 5.74) is 2.77. The number of hydrogen-bond acceptors (Lipinski definition) is 5. The minimum atomic E-state index is -0.392. The molecular formula is C18H18N2O3. The third-order valence-corrected chi connectivity index (χ3v) is 3.69. The largest absolute Gasteiger partial charge is 0.507 e. The highest BCUT2D eigenvalue weighted by atomic mass is 16.5. The molecule has 0 spiro atoms. The Labute approximate surface area is 134 Å². The molecule has 1 aliphatic rings. The fourth-order valence-electron chi connectivity index (χ4n) is 2.71. The quantitative estimate of drug-likeness (QED) is 0.536. The van der Waals surface area contributed by atoms with Crippen LogP contribution in [0.25, 0.3) is 0 Å². The summed E-state index contributed by atoms with van der Waals surface area (Å²) in [6, 6.07) is 14.4. The van der Waals surface area contributed by atoms with Gasteiger partial charge in [0, 0.05) is 31.6 Å². The van der Waals surface area contributed by atoms with Crippen molar-refractivity contribution in [1.29, 1.82) is 0 Å². The van der Waals surface area contributed by atoms with E-state index in [4.69, 9.17) is 4.74 Å². The summed E-state index contributed by atoms with van der Waals surface area (Å²) >= 11 is 0. The summed E-state index contributed by atoms with van der Waals surface area (Å²) in [6.07, 6.45) is 0.00964. The van der Waals surface area contributed by atoms with Crippen molar-refractivity contribution in [3.8, 4) is 5.75 Å². The molecule has 3 rings (SSSR count). The predicted molar refractivity (Wildman–Crippen MR) is 87.5 cm³/mol. The normalized spacial score (nSPS) is 16.9. The number of hydrogen-bond donors (Lipinski definition) is 1. The van der Waals surface area contributed by atoms with Gasteiger partial charge in [-0.1, -0.05) is 30.3 Å². The lowest BCUT2D eigenvalue weighted by Gasteiger charge is -2.16. The van der Waals surface area contributed by atoms with Gasteiger partial charge in [-0.05, 0) is 18.2 Å². The number of aromatic hydroxyl groups is 1. The van der Waals surface area contributed by atoms with E-state index in [0.29, 0.717) is 23.3 Å². The van der Waals surface area contributed by atoms with Gasteiger partial charge in [-0.15, -0.1) is 0 Å². The first-order valence-electron chi connectivity index (χ1n) is 7.39. The molecule has 0 unspecified atom stereocenters. The van der Waals surface area contributed by atoms with E-state index >= 15 is 0 Å².